The number of likely N-dealkylation sites (tertiary alicyclic amines) is 1. The molecule has 29 heavy (non-hydrogen) atoms. The van der Waals surface area contributed by atoms with Crippen molar-refractivity contribution in [1.29, 1.82) is 0 Å². The number of hydrogen-bond acceptors (Lipinski definition) is 3. The maximum atomic E-state index is 13.2. The molecule has 1 aromatic carbocycles. The third kappa shape index (κ3) is 4.61. The van der Waals surface area contributed by atoms with Gasteiger partial charge in [-0.1, -0.05) is 5.92 Å². The Bertz CT molecular complexity index is 871. The Hall–Kier alpha value is -2.41. The monoisotopic (exact) mass is 393 g/mol. The second kappa shape index (κ2) is 8.53. The first-order valence-corrected chi connectivity index (χ1v) is 10.6. The highest BCUT2D eigenvalue weighted by molar-refractivity contribution is 5.96. The van der Waals surface area contributed by atoms with Gasteiger partial charge in [0.1, 0.15) is 11.6 Å². The molecule has 0 radical (unpaired) electrons. The van der Waals surface area contributed by atoms with Gasteiger partial charge in [-0.25, -0.2) is 0 Å². The summed E-state index contributed by atoms with van der Waals surface area (Å²) >= 11 is 0. The maximum Gasteiger partial charge on any atom is 0.230 e. The minimum absolute atomic E-state index is 0.00897. The van der Waals surface area contributed by atoms with Crippen molar-refractivity contribution in [3.8, 4) is 11.8 Å². The summed E-state index contributed by atoms with van der Waals surface area (Å²) in [6.45, 7) is 8.77. The Morgan fingerprint density at radius 1 is 1.14 bits per heavy atom. The first kappa shape index (κ1) is 21.3. The van der Waals surface area contributed by atoms with Crippen LogP contribution >= 0.6 is 0 Å². The van der Waals surface area contributed by atoms with Crippen LogP contribution in [0.3, 0.4) is 0 Å². The van der Waals surface area contributed by atoms with Gasteiger partial charge in [0.05, 0.1) is 6.42 Å². The Morgan fingerprint density at radius 2 is 1.76 bits per heavy atom. The van der Waals surface area contributed by atoms with Crippen molar-refractivity contribution in [3.63, 3.8) is 0 Å². The summed E-state index contributed by atoms with van der Waals surface area (Å²) in [5, 5.41) is 0. The van der Waals surface area contributed by atoms with Gasteiger partial charge >= 0.3 is 0 Å². The molecular formula is C25H31NO3. The van der Waals surface area contributed by atoms with Crippen LogP contribution in [0.25, 0.3) is 0 Å². The molecule has 1 aliphatic heterocycles. The number of Topliss-reactive ketones (excluding diaryl/α,β-unsaturated/α-hetero) is 2. The van der Waals surface area contributed by atoms with Crippen LogP contribution in [0.1, 0.15) is 80.5 Å². The molecule has 1 spiro atoms. The van der Waals surface area contributed by atoms with Crippen LogP contribution < -0.4 is 0 Å². The Balaban J connectivity index is 1.69. The number of aryl methyl sites for hydroxylation is 2. The van der Waals surface area contributed by atoms with E-state index in [0.717, 1.165) is 42.4 Å². The maximum absolute atomic E-state index is 13.2. The van der Waals surface area contributed by atoms with Crippen molar-refractivity contribution in [2.75, 3.05) is 13.1 Å². The van der Waals surface area contributed by atoms with Crippen molar-refractivity contribution < 1.29 is 14.4 Å². The predicted octanol–water partition coefficient (Wildman–Crippen LogP) is 4.10. The molecule has 1 amide bonds. The van der Waals surface area contributed by atoms with E-state index in [1.807, 2.05) is 6.92 Å². The number of benzene rings is 1. The van der Waals surface area contributed by atoms with E-state index in [9.17, 15) is 14.4 Å². The van der Waals surface area contributed by atoms with E-state index in [2.05, 4.69) is 37.8 Å². The molecule has 1 aliphatic carbocycles. The van der Waals surface area contributed by atoms with Gasteiger partial charge in [-0.2, -0.15) is 0 Å². The smallest absolute Gasteiger partial charge is 0.230 e. The summed E-state index contributed by atoms with van der Waals surface area (Å²) < 4.78 is 0. The molecule has 3 rings (SSSR count). The minimum atomic E-state index is -0.0901. The molecule has 154 valence electrons. The molecule has 1 saturated carbocycles. The lowest BCUT2D eigenvalue weighted by molar-refractivity contribution is -0.137. The SMILES string of the molecule is CC#Cc1cc(C)c(C2CCC3(CCN(C(=O)CC(C)=O)CC3)CC2=O)c(C)c1. The van der Waals surface area contributed by atoms with Crippen LogP contribution in [0.15, 0.2) is 12.1 Å². The summed E-state index contributed by atoms with van der Waals surface area (Å²) in [6.07, 6.45) is 4.21. The normalized spacial score (nSPS) is 20.9. The number of rotatable bonds is 3. The molecule has 4 heteroatoms. The summed E-state index contributed by atoms with van der Waals surface area (Å²) in [6, 6.07) is 4.19. The van der Waals surface area contributed by atoms with Gasteiger partial charge in [0.2, 0.25) is 5.91 Å². The molecule has 1 saturated heterocycles. The highest BCUT2D eigenvalue weighted by Gasteiger charge is 2.43. The Labute approximate surface area is 174 Å². The third-order valence-corrected chi connectivity index (χ3v) is 6.69. The van der Waals surface area contributed by atoms with E-state index in [1.165, 1.54) is 12.5 Å². The van der Waals surface area contributed by atoms with Crippen LogP contribution in [0.2, 0.25) is 0 Å². The van der Waals surface area contributed by atoms with E-state index in [0.29, 0.717) is 25.3 Å². The lowest BCUT2D eigenvalue weighted by Crippen LogP contribution is -2.46. The van der Waals surface area contributed by atoms with Crippen molar-refractivity contribution >= 4 is 17.5 Å². The van der Waals surface area contributed by atoms with Crippen LogP contribution in [0.5, 0.6) is 0 Å². The summed E-state index contributed by atoms with van der Waals surface area (Å²) in [4.78, 5) is 38.4. The van der Waals surface area contributed by atoms with Gasteiger partial charge < -0.3 is 4.90 Å². The molecular weight excluding hydrogens is 362 g/mol. The first-order chi connectivity index (χ1) is 13.7. The molecule has 0 aromatic heterocycles. The summed E-state index contributed by atoms with van der Waals surface area (Å²) in [7, 11) is 0. The highest BCUT2D eigenvalue weighted by Crippen LogP contribution is 2.48. The van der Waals surface area contributed by atoms with E-state index in [4.69, 9.17) is 0 Å². The lowest BCUT2D eigenvalue weighted by atomic mass is 9.63. The summed E-state index contributed by atoms with van der Waals surface area (Å²) in [5.41, 5.74) is 4.52. The molecule has 2 fully saturated rings. The van der Waals surface area contributed by atoms with Gasteiger partial charge in [-0.05, 0) is 87.6 Å². The van der Waals surface area contributed by atoms with Crippen LogP contribution in [0.4, 0.5) is 0 Å². The molecule has 1 unspecified atom stereocenters. The number of nitrogens with zero attached hydrogens (tertiary/aromatic N) is 1. The van der Waals surface area contributed by atoms with Gasteiger partial charge in [-0.3, -0.25) is 14.4 Å². The zero-order valence-corrected chi connectivity index (χ0v) is 18.1. The van der Waals surface area contributed by atoms with E-state index < -0.39 is 0 Å². The van der Waals surface area contributed by atoms with E-state index in [1.54, 1.807) is 4.90 Å². The zero-order valence-electron chi connectivity index (χ0n) is 18.1. The second-order valence-corrected chi connectivity index (χ2v) is 8.89. The fourth-order valence-electron chi connectivity index (χ4n) is 5.22. The molecule has 1 atom stereocenters. The number of carbonyl (C=O) groups excluding carboxylic acids is 3. The highest BCUT2D eigenvalue weighted by atomic mass is 16.2. The number of hydrogen-bond donors (Lipinski definition) is 0. The molecule has 4 nitrogen and oxygen atoms in total. The van der Waals surface area contributed by atoms with E-state index in [-0.39, 0.29) is 29.4 Å². The second-order valence-electron chi connectivity index (χ2n) is 8.89. The van der Waals surface area contributed by atoms with Crippen molar-refractivity contribution in [2.45, 2.75) is 72.1 Å². The van der Waals surface area contributed by atoms with Crippen molar-refractivity contribution in [3.05, 3.63) is 34.4 Å². The van der Waals surface area contributed by atoms with E-state index >= 15 is 0 Å². The molecule has 0 N–H and O–H groups in total. The number of piperidine rings is 1. The van der Waals surface area contributed by atoms with Crippen LogP contribution in [-0.2, 0) is 14.4 Å². The fraction of sp³-hybridized carbons (Fsp3) is 0.560. The number of amides is 1. The van der Waals surface area contributed by atoms with Crippen LogP contribution in [-0.4, -0.2) is 35.5 Å². The number of carbonyl (C=O) groups is 3. The fourth-order valence-corrected chi connectivity index (χ4v) is 5.22. The Morgan fingerprint density at radius 3 is 2.28 bits per heavy atom. The third-order valence-electron chi connectivity index (χ3n) is 6.69. The standard InChI is InChI=1S/C25H31NO3/c1-5-6-20-13-17(2)24(18(3)14-20)21-7-8-25(16-22(21)28)9-11-26(12-10-25)23(29)15-19(4)27/h13-14,21H,7-12,15-16H2,1-4H3. The molecule has 1 heterocycles. The van der Waals surface area contributed by atoms with Crippen molar-refractivity contribution in [2.24, 2.45) is 5.41 Å². The average molecular weight is 394 g/mol. The van der Waals surface area contributed by atoms with Gasteiger partial charge in [0, 0.05) is 31.0 Å². The largest absolute Gasteiger partial charge is 0.342 e. The molecule has 1 aromatic rings. The topological polar surface area (TPSA) is 54.5 Å². The first-order valence-electron chi connectivity index (χ1n) is 10.6. The van der Waals surface area contributed by atoms with Crippen LogP contribution in [0, 0.1) is 31.1 Å². The van der Waals surface area contributed by atoms with Gasteiger partial charge in [0.15, 0.2) is 0 Å². The van der Waals surface area contributed by atoms with Crippen molar-refractivity contribution in [1.82, 2.24) is 4.90 Å². The Kier molecular flexibility index (Phi) is 6.27. The predicted molar refractivity (Wildman–Crippen MR) is 114 cm³/mol. The van der Waals surface area contributed by atoms with Gasteiger partial charge in [0.25, 0.3) is 0 Å². The van der Waals surface area contributed by atoms with Gasteiger partial charge in [-0.15, -0.1) is 5.92 Å². The quantitative estimate of drug-likeness (QED) is 0.574. The molecule has 2 aliphatic rings. The minimum Gasteiger partial charge on any atom is -0.342 e. The zero-order chi connectivity index (χ0) is 21.2. The average Bonchev–Trinajstić information content (AvgIpc) is 2.63. The lowest BCUT2D eigenvalue weighted by Gasteiger charge is -2.45. The molecule has 0 bridgehead atoms. The summed E-state index contributed by atoms with van der Waals surface area (Å²) in [5.74, 6) is 6.20. The number of ketones is 2.